The number of hydrogen-bond donors (Lipinski definition) is 2. The summed E-state index contributed by atoms with van der Waals surface area (Å²) in [5.41, 5.74) is 0.561. The van der Waals surface area contributed by atoms with Gasteiger partial charge in [0.1, 0.15) is 17.0 Å². The first-order chi connectivity index (χ1) is 22.3. The maximum Gasteiger partial charge on any atom is 0.408 e. The second kappa shape index (κ2) is 13.4. The van der Waals surface area contributed by atoms with Gasteiger partial charge in [-0.25, -0.2) is 9.18 Å². The largest absolute Gasteiger partial charge is 0.444 e. The van der Waals surface area contributed by atoms with Gasteiger partial charge < -0.3 is 19.8 Å². The SMILES string of the molecule is C[C@@H](NC(=O)c1cc(-c2nnc([C@@](C)(Cc3ccccc3)NC(=O)OC(C)(C)C)o2)cc(C2(C#N)CCCC2)c1)c1ccc(F)cc1. The summed E-state index contributed by atoms with van der Waals surface area (Å²) in [4.78, 5) is 26.6. The van der Waals surface area contributed by atoms with Crippen LogP contribution in [0.5, 0.6) is 0 Å². The summed E-state index contributed by atoms with van der Waals surface area (Å²) < 4.78 is 25.3. The number of hydrogen-bond acceptors (Lipinski definition) is 7. The Bertz CT molecular complexity index is 1770. The molecule has 1 saturated carbocycles. The Morgan fingerprint density at radius 1 is 1.02 bits per heavy atom. The summed E-state index contributed by atoms with van der Waals surface area (Å²) in [6.45, 7) is 8.96. The highest BCUT2D eigenvalue weighted by Crippen LogP contribution is 2.42. The lowest BCUT2D eigenvalue weighted by atomic mass is 9.79. The Morgan fingerprint density at radius 3 is 2.34 bits per heavy atom. The van der Waals surface area contributed by atoms with E-state index in [-0.39, 0.29) is 23.5 Å². The van der Waals surface area contributed by atoms with Gasteiger partial charge in [0.25, 0.3) is 5.91 Å². The maximum absolute atomic E-state index is 13.6. The molecule has 0 spiro atoms. The van der Waals surface area contributed by atoms with E-state index in [1.165, 1.54) is 12.1 Å². The molecule has 0 unspecified atom stereocenters. The molecule has 47 heavy (non-hydrogen) atoms. The molecule has 9 nitrogen and oxygen atoms in total. The number of amides is 2. The molecule has 4 aromatic rings. The molecule has 3 aromatic carbocycles. The van der Waals surface area contributed by atoms with Gasteiger partial charge >= 0.3 is 6.09 Å². The third-order valence-electron chi connectivity index (χ3n) is 8.46. The van der Waals surface area contributed by atoms with Crippen LogP contribution in [0.25, 0.3) is 11.5 Å². The van der Waals surface area contributed by atoms with Gasteiger partial charge in [-0.1, -0.05) is 55.3 Å². The highest BCUT2D eigenvalue weighted by Gasteiger charge is 2.39. The summed E-state index contributed by atoms with van der Waals surface area (Å²) in [6, 6.07) is 22.9. The van der Waals surface area contributed by atoms with Crippen molar-refractivity contribution in [2.24, 2.45) is 0 Å². The topological polar surface area (TPSA) is 130 Å². The molecule has 2 N–H and O–H groups in total. The fraction of sp³-hybridized carbons (Fsp3) is 0.378. The van der Waals surface area contributed by atoms with E-state index < -0.39 is 28.7 Å². The van der Waals surface area contributed by atoms with Crippen LogP contribution in [0, 0.1) is 17.1 Å². The molecule has 0 aliphatic heterocycles. The summed E-state index contributed by atoms with van der Waals surface area (Å²) >= 11 is 0. The standard InChI is InChI=1S/C37H40FN5O4/c1-24(26-13-15-30(38)16-14-26)40-31(44)27-19-28(21-29(20-27)37(23-39)17-9-10-18-37)32-42-43-33(46-32)36(5,22-25-11-7-6-8-12-25)41-34(45)47-35(2,3)4/h6-8,11-16,19-21,24H,9-10,17-18,22H2,1-5H3,(H,40,44)(H,41,45)/t24-,36-/m1/s1. The second-order valence-corrected chi connectivity index (χ2v) is 13.5. The predicted molar refractivity (Wildman–Crippen MR) is 175 cm³/mol. The Morgan fingerprint density at radius 2 is 1.70 bits per heavy atom. The fourth-order valence-corrected chi connectivity index (χ4v) is 5.99. The Labute approximate surface area is 274 Å². The van der Waals surface area contributed by atoms with E-state index in [2.05, 4.69) is 26.9 Å². The van der Waals surface area contributed by atoms with Crippen LogP contribution in [0.2, 0.25) is 0 Å². The highest BCUT2D eigenvalue weighted by atomic mass is 19.1. The lowest BCUT2D eigenvalue weighted by Crippen LogP contribution is -2.47. The smallest absolute Gasteiger partial charge is 0.408 e. The third kappa shape index (κ3) is 7.86. The van der Waals surface area contributed by atoms with E-state index in [1.807, 2.05) is 43.3 Å². The zero-order valence-corrected chi connectivity index (χ0v) is 27.4. The van der Waals surface area contributed by atoms with Gasteiger partial charge in [0, 0.05) is 17.5 Å². The Hall–Kier alpha value is -5.04. The molecule has 10 heteroatoms. The number of alkyl carbamates (subject to hydrolysis) is 1. The molecule has 1 heterocycles. The Balaban J connectivity index is 1.52. The minimum Gasteiger partial charge on any atom is -0.444 e. The number of aromatic nitrogens is 2. The summed E-state index contributed by atoms with van der Waals surface area (Å²) in [7, 11) is 0. The van der Waals surface area contributed by atoms with Crippen LogP contribution in [0.3, 0.4) is 0 Å². The molecule has 0 saturated heterocycles. The molecule has 1 fully saturated rings. The summed E-state index contributed by atoms with van der Waals surface area (Å²) in [6.07, 6.45) is 2.85. The fourth-order valence-electron chi connectivity index (χ4n) is 5.99. The molecule has 0 radical (unpaired) electrons. The van der Waals surface area contributed by atoms with E-state index in [1.54, 1.807) is 52.0 Å². The van der Waals surface area contributed by atoms with Gasteiger partial charge in [-0.05, 0) is 94.5 Å². The maximum atomic E-state index is 13.6. The molecule has 1 aliphatic carbocycles. The number of carbonyl (C=O) groups excluding carboxylic acids is 2. The average molecular weight is 638 g/mol. The van der Waals surface area contributed by atoms with Gasteiger partial charge in [-0.2, -0.15) is 5.26 Å². The molecule has 5 rings (SSSR count). The number of nitrogens with zero attached hydrogens (tertiary/aromatic N) is 3. The molecular formula is C37H40FN5O4. The first kappa shape index (κ1) is 33.3. The predicted octanol–water partition coefficient (Wildman–Crippen LogP) is 7.68. The van der Waals surface area contributed by atoms with Crippen LogP contribution in [-0.4, -0.2) is 27.8 Å². The van der Waals surface area contributed by atoms with Crippen LogP contribution in [0.15, 0.2) is 77.2 Å². The van der Waals surface area contributed by atoms with Crippen molar-refractivity contribution in [2.45, 2.75) is 89.3 Å². The number of rotatable bonds is 9. The van der Waals surface area contributed by atoms with Gasteiger partial charge in [0.15, 0.2) is 0 Å². The first-order valence-corrected chi connectivity index (χ1v) is 15.8. The molecule has 1 aliphatic rings. The van der Waals surface area contributed by atoms with Crippen molar-refractivity contribution < 1.29 is 23.1 Å². The first-order valence-electron chi connectivity index (χ1n) is 15.8. The third-order valence-corrected chi connectivity index (χ3v) is 8.46. The molecule has 0 bridgehead atoms. The van der Waals surface area contributed by atoms with E-state index in [0.717, 1.165) is 24.0 Å². The van der Waals surface area contributed by atoms with Gasteiger partial charge in [-0.3, -0.25) is 4.79 Å². The van der Waals surface area contributed by atoms with Crippen molar-refractivity contribution in [3.63, 3.8) is 0 Å². The number of benzene rings is 3. The summed E-state index contributed by atoms with van der Waals surface area (Å²) in [5.74, 6) is -0.433. The van der Waals surface area contributed by atoms with Crippen LogP contribution in [0.4, 0.5) is 9.18 Å². The van der Waals surface area contributed by atoms with Gasteiger partial charge in [-0.15, -0.1) is 10.2 Å². The van der Waals surface area contributed by atoms with Crippen molar-refractivity contribution in [2.75, 3.05) is 0 Å². The average Bonchev–Trinajstić information content (AvgIpc) is 3.72. The van der Waals surface area contributed by atoms with Crippen molar-refractivity contribution in [3.05, 3.63) is 107 Å². The zero-order valence-electron chi connectivity index (χ0n) is 27.4. The van der Waals surface area contributed by atoms with Gasteiger partial charge in [0.05, 0.1) is 17.5 Å². The van der Waals surface area contributed by atoms with Crippen LogP contribution < -0.4 is 10.6 Å². The van der Waals surface area contributed by atoms with Crippen molar-refractivity contribution >= 4 is 12.0 Å². The van der Waals surface area contributed by atoms with E-state index in [4.69, 9.17) is 9.15 Å². The number of nitrogens with one attached hydrogen (secondary N) is 2. The van der Waals surface area contributed by atoms with E-state index in [0.29, 0.717) is 36.0 Å². The monoisotopic (exact) mass is 637 g/mol. The van der Waals surface area contributed by atoms with Crippen molar-refractivity contribution in [1.82, 2.24) is 20.8 Å². The minimum atomic E-state index is -1.14. The molecule has 1 aromatic heterocycles. The van der Waals surface area contributed by atoms with Crippen molar-refractivity contribution in [1.29, 1.82) is 5.26 Å². The van der Waals surface area contributed by atoms with Crippen LogP contribution in [-0.2, 0) is 22.1 Å². The quantitative estimate of drug-likeness (QED) is 0.192. The lowest BCUT2D eigenvalue weighted by molar-refractivity contribution is 0.0443. The second-order valence-electron chi connectivity index (χ2n) is 13.5. The van der Waals surface area contributed by atoms with Crippen LogP contribution >= 0.6 is 0 Å². The number of ether oxygens (including phenoxy) is 1. The highest BCUT2D eigenvalue weighted by molar-refractivity contribution is 5.96. The molecule has 2 atom stereocenters. The molecular weight excluding hydrogens is 597 g/mol. The van der Waals surface area contributed by atoms with Crippen LogP contribution in [0.1, 0.15) is 99.3 Å². The van der Waals surface area contributed by atoms with Gasteiger partial charge in [0.2, 0.25) is 11.8 Å². The zero-order chi connectivity index (χ0) is 33.8. The summed E-state index contributed by atoms with van der Waals surface area (Å²) in [5, 5.41) is 24.9. The Kier molecular flexibility index (Phi) is 9.48. The lowest BCUT2D eigenvalue weighted by Gasteiger charge is -2.29. The van der Waals surface area contributed by atoms with Crippen molar-refractivity contribution in [3.8, 4) is 17.5 Å². The van der Waals surface area contributed by atoms with E-state index in [9.17, 15) is 19.2 Å². The molecule has 244 valence electrons. The number of nitriles is 1. The normalized spacial score (nSPS) is 16.0. The number of halogens is 1. The molecule has 2 amide bonds. The minimum absolute atomic E-state index is 0.138. The number of carbonyl (C=O) groups is 2. The van der Waals surface area contributed by atoms with E-state index >= 15 is 0 Å².